The van der Waals surface area contributed by atoms with Gasteiger partial charge in [0.15, 0.2) is 28.8 Å². The van der Waals surface area contributed by atoms with Crippen molar-refractivity contribution in [2.45, 2.75) is 13.0 Å². The summed E-state index contributed by atoms with van der Waals surface area (Å²) in [4.78, 5) is 12.5. The van der Waals surface area contributed by atoms with Crippen LogP contribution in [0.4, 0.5) is 0 Å². The lowest BCUT2D eigenvalue weighted by molar-refractivity contribution is 0.174. The topological polar surface area (TPSA) is 72.1 Å². The number of fused-ring (bicyclic) bond motifs is 4. The Morgan fingerprint density at radius 2 is 1.78 bits per heavy atom. The molecule has 2 aliphatic heterocycles. The van der Waals surface area contributed by atoms with Gasteiger partial charge in [0.25, 0.3) is 0 Å². The Hall–Kier alpha value is -3.35. The fraction of sp³-hybridized carbons (Fsp3) is 0.250. The number of ether oxygens (including phenoxy) is 4. The molecule has 7 nitrogen and oxygen atoms in total. The van der Waals surface area contributed by atoms with Gasteiger partial charge in [-0.2, -0.15) is 0 Å². The first-order valence-electron chi connectivity index (χ1n) is 8.58. The van der Waals surface area contributed by atoms with Crippen LogP contribution in [0.1, 0.15) is 5.56 Å². The standard InChI is InChI=1S/C20H17NO6/c1-23-15-7-11-5-6-21-18(13(11)9-16(15)24-2)19(27-20(21)22)12-3-4-14-17(8-12)26-10-25-14/h3-4,7-9H,5-6,10H2,1-2H3. The fourth-order valence-corrected chi connectivity index (χ4v) is 3.69. The van der Waals surface area contributed by atoms with E-state index in [1.165, 1.54) is 0 Å². The first kappa shape index (κ1) is 15.9. The minimum Gasteiger partial charge on any atom is -0.493 e. The van der Waals surface area contributed by atoms with E-state index in [0.717, 1.165) is 22.4 Å². The van der Waals surface area contributed by atoms with Crippen molar-refractivity contribution >= 4 is 0 Å². The monoisotopic (exact) mass is 367 g/mol. The highest BCUT2D eigenvalue weighted by Gasteiger charge is 2.28. The molecule has 3 heterocycles. The Labute approximate surface area is 154 Å². The number of aryl methyl sites for hydroxylation is 1. The zero-order chi connectivity index (χ0) is 18.5. The van der Waals surface area contributed by atoms with Crippen LogP contribution in [0, 0.1) is 0 Å². The predicted octanol–water partition coefficient (Wildman–Crippen LogP) is 3.08. The van der Waals surface area contributed by atoms with Crippen LogP contribution in [0.25, 0.3) is 22.6 Å². The van der Waals surface area contributed by atoms with Crippen molar-refractivity contribution in [2.75, 3.05) is 21.0 Å². The largest absolute Gasteiger partial charge is 0.493 e. The van der Waals surface area contributed by atoms with Gasteiger partial charge in [0.2, 0.25) is 6.79 Å². The van der Waals surface area contributed by atoms with Gasteiger partial charge in [0.05, 0.1) is 19.9 Å². The highest BCUT2D eigenvalue weighted by atomic mass is 16.7. The maximum absolute atomic E-state index is 12.5. The summed E-state index contributed by atoms with van der Waals surface area (Å²) in [5.41, 5.74) is 3.47. The molecule has 0 unspecified atom stereocenters. The Morgan fingerprint density at radius 3 is 2.59 bits per heavy atom. The highest BCUT2D eigenvalue weighted by Crippen LogP contribution is 2.43. The zero-order valence-corrected chi connectivity index (χ0v) is 14.9. The van der Waals surface area contributed by atoms with E-state index in [4.69, 9.17) is 23.4 Å². The molecule has 2 aliphatic rings. The Morgan fingerprint density at radius 1 is 1.00 bits per heavy atom. The molecule has 0 amide bonds. The summed E-state index contributed by atoms with van der Waals surface area (Å²) in [6.07, 6.45) is 0.711. The average molecular weight is 367 g/mol. The minimum atomic E-state index is -0.377. The lowest BCUT2D eigenvalue weighted by Crippen LogP contribution is -2.20. The van der Waals surface area contributed by atoms with Crippen molar-refractivity contribution in [2.24, 2.45) is 0 Å². The second kappa shape index (κ2) is 5.84. The van der Waals surface area contributed by atoms with Crippen LogP contribution >= 0.6 is 0 Å². The number of hydrogen-bond acceptors (Lipinski definition) is 6. The van der Waals surface area contributed by atoms with E-state index in [1.54, 1.807) is 18.8 Å². The molecule has 0 fully saturated rings. The van der Waals surface area contributed by atoms with Crippen molar-refractivity contribution in [1.29, 1.82) is 0 Å². The molecule has 0 aliphatic carbocycles. The van der Waals surface area contributed by atoms with E-state index in [-0.39, 0.29) is 12.5 Å². The quantitative estimate of drug-likeness (QED) is 0.708. The van der Waals surface area contributed by atoms with Gasteiger partial charge in [0.1, 0.15) is 0 Å². The van der Waals surface area contributed by atoms with Gasteiger partial charge in [-0.3, -0.25) is 4.57 Å². The van der Waals surface area contributed by atoms with Crippen LogP contribution in [-0.2, 0) is 13.0 Å². The third kappa shape index (κ3) is 2.31. The maximum atomic E-state index is 12.5. The third-order valence-electron chi connectivity index (χ3n) is 5.00. The van der Waals surface area contributed by atoms with Crippen LogP contribution in [0.2, 0.25) is 0 Å². The molecule has 2 aromatic carbocycles. The van der Waals surface area contributed by atoms with E-state index in [1.807, 2.05) is 30.3 Å². The molecule has 0 spiro atoms. The molecule has 0 radical (unpaired) electrons. The van der Waals surface area contributed by atoms with Gasteiger partial charge < -0.3 is 23.4 Å². The fourth-order valence-electron chi connectivity index (χ4n) is 3.69. The van der Waals surface area contributed by atoms with Crippen molar-refractivity contribution < 1.29 is 23.4 Å². The van der Waals surface area contributed by atoms with Crippen molar-refractivity contribution in [3.05, 3.63) is 46.4 Å². The van der Waals surface area contributed by atoms with Gasteiger partial charge in [0, 0.05) is 17.7 Å². The molecule has 1 aromatic heterocycles. The molecule has 3 aromatic rings. The first-order chi connectivity index (χ1) is 13.2. The number of oxazole rings is 1. The van der Waals surface area contributed by atoms with Crippen molar-refractivity contribution in [3.63, 3.8) is 0 Å². The first-order valence-corrected chi connectivity index (χ1v) is 8.58. The SMILES string of the molecule is COc1cc2c(cc1OC)-c1c(-c3ccc4c(c3)OCO4)oc(=O)n1CC2. The van der Waals surface area contributed by atoms with Gasteiger partial charge >= 0.3 is 5.76 Å². The van der Waals surface area contributed by atoms with E-state index >= 15 is 0 Å². The molecule has 5 rings (SSSR count). The predicted molar refractivity (Wildman–Crippen MR) is 96.8 cm³/mol. The summed E-state index contributed by atoms with van der Waals surface area (Å²) in [5, 5.41) is 0. The van der Waals surface area contributed by atoms with Crippen LogP contribution in [-0.4, -0.2) is 25.6 Å². The number of aromatic nitrogens is 1. The highest BCUT2D eigenvalue weighted by molar-refractivity contribution is 5.82. The maximum Gasteiger partial charge on any atom is 0.420 e. The molecule has 0 N–H and O–H groups in total. The Balaban J connectivity index is 1.73. The molecule has 27 heavy (non-hydrogen) atoms. The Kier molecular flexibility index (Phi) is 3.43. The second-order valence-corrected chi connectivity index (χ2v) is 6.38. The van der Waals surface area contributed by atoms with Crippen molar-refractivity contribution in [3.8, 4) is 45.6 Å². The molecule has 0 saturated carbocycles. The zero-order valence-electron chi connectivity index (χ0n) is 14.9. The molecule has 0 saturated heterocycles. The van der Waals surface area contributed by atoms with E-state index in [2.05, 4.69) is 0 Å². The molecule has 0 bridgehead atoms. The number of methoxy groups -OCH3 is 2. The summed E-state index contributed by atoms with van der Waals surface area (Å²) in [6, 6.07) is 9.36. The summed E-state index contributed by atoms with van der Waals surface area (Å²) >= 11 is 0. The lowest BCUT2D eigenvalue weighted by atomic mass is 9.95. The normalized spacial score (nSPS) is 13.9. The summed E-state index contributed by atoms with van der Waals surface area (Å²) in [7, 11) is 3.20. The molecule has 0 atom stereocenters. The smallest absolute Gasteiger partial charge is 0.420 e. The average Bonchev–Trinajstić information content (AvgIpc) is 3.30. The third-order valence-corrected chi connectivity index (χ3v) is 5.00. The van der Waals surface area contributed by atoms with Gasteiger partial charge in [-0.05, 0) is 42.3 Å². The van der Waals surface area contributed by atoms with Crippen LogP contribution in [0.15, 0.2) is 39.5 Å². The van der Waals surface area contributed by atoms with E-state index in [0.29, 0.717) is 41.7 Å². The van der Waals surface area contributed by atoms with Gasteiger partial charge in [-0.15, -0.1) is 0 Å². The lowest BCUT2D eigenvalue weighted by Gasteiger charge is -2.20. The Bertz CT molecular complexity index is 1110. The summed E-state index contributed by atoms with van der Waals surface area (Å²) in [5.74, 6) is 2.72. The van der Waals surface area contributed by atoms with E-state index < -0.39 is 0 Å². The van der Waals surface area contributed by atoms with Crippen molar-refractivity contribution in [1.82, 2.24) is 4.57 Å². The number of hydrogen-bond donors (Lipinski definition) is 0. The summed E-state index contributed by atoms with van der Waals surface area (Å²) in [6.45, 7) is 0.737. The molecular formula is C20H17NO6. The van der Waals surface area contributed by atoms with Gasteiger partial charge in [-0.25, -0.2) is 4.79 Å². The van der Waals surface area contributed by atoms with E-state index in [9.17, 15) is 4.79 Å². The van der Waals surface area contributed by atoms with Crippen LogP contribution in [0.3, 0.4) is 0 Å². The minimum absolute atomic E-state index is 0.191. The molecule has 138 valence electrons. The number of benzene rings is 2. The summed E-state index contributed by atoms with van der Waals surface area (Å²) < 4.78 is 29.0. The molecular weight excluding hydrogens is 350 g/mol. The number of rotatable bonds is 3. The van der Waals surface area contributed by atoms with Gasteiger partial charge in [-0.1, -0.05) is 0 Å². The second-order valence-electron chi connectivity index (χ2n) is 6.38. The molecule has 7 heteroatoms. The van der Waals surface area contributed by atoms with Crippen LogP contribution < -0.4 is 24.7 Å². The van der Waals surface area contributed by atoms with Crippen LogP contribution in [0.5, 0.6) is 23.0 Å². The number of nitrogens with zero attached hydrogens (tertiary/aromatic N) is 1.